The topological polar surface area (TPSA) is 121 Å². The Balaban J connectivity index is 3.35. The van der Waals surface area contributed by atoms with Gasteiger partial charge in [-0.15, -0.1) is 0 Å². The number of benzene rings is 1. The Morgan fingerprint density at radius 2 is 2.13 bits per heavy atom. The monoisotopic (exact) mass is 248 g/mol. The highest BCUT2D eigenvalue weighted by molar-refractivity contribution is 8.62. The number of hydrogen-bond donors (Lipinski definition) is 3. The second kappa shape index (κ2) is 4.09. The largest absolute Gasteiger partial charge is 0.366 e. The predicted octanol–water partition coefficient (Wildman–Crippen LogP) is 0.328. The van der Waals surface area contributed by atoms with Crippen LogP contribution in [-0.2, 0) is 18.9 Å². The molecule has 8 heteroatoms. The van der Waals surface area contributed by atoms with Gasteiger partial charge < -0.3 is 5.73 Å². The van der Waals surface area contributed by atoms with Gasteiger partial charge in [-0.3, -0.25) is 9.35 Å². The number of carbonyl (C=O) groups is 1. The summed E-state index contributed by atoms with van der Waals surface area (Å²) < 4.78 is 37.9. The zero-order valence-corrected chi connectivity index (χ0v) is 9.01. The third-order valence-electron chi connectivity index (χ3n) is 1.63. The van der Waals surface area contributed by atoms with Crippen LogP contribution in [0.4, 0.5) is 0 Å². The minimum atomic E-state index is -3.81. The van der Waals surface area contributed by atoms with Gasteiger partial charge in [0.15, 0.2) is 8.76 Å². The normalized spacial score (nSPS) is 16.6. The first-order chi connectivity index (χ1) is 6.85. The third-order valence-corrected chi connectivity index (χ3v) is 4.69. The number of amides is 1. The number of carbonyl (C=O) groups excluding carboxylic acids is 1. The third kappa shape index (κ3) is 2.41. The summed E-state index contributed by atoms with van der Waals surface area (Å²) in [6.45, 7) is 0. The summed E-state index contributed by atoms with van der Waals surface area (Å²) in [5, 5.41) is 0. The molecular weight excluding hydrogens is 240 g/mol. The Kier molecular flexibility index (Phi) is 3.22. The van der Waals surface area contributed by atoms with E-state index in [4.69, 9.17) is 15.1 Å². The average Bonchev–Trinajstić information content (AvgIpc) is 2.17. The van der Waals surface area contributed by atoms with Crippen LogP contribution in [0.15, 0.2) is 29.2 Å². The van der Waals surface area contributed by atoms with Gasteiger partial charge in [-0.25, -0.2) is 13.2 Å². The number of hydrogen-bond acceptors (Lipinski definition) is 4. The first-order valence-electron chi connectivity index (χ1n) is 3.65. The first kappa shape index (κ1) is 11.8. The van der Waals surface area contributed by atoms with E-state index in [0.29, 0.717) is 0 Å². The Labute approximate surface area is 88.1 Å². The van der Waals surface area contributed by atoms with E-state index in [2.05, 4.69) is 0 Å². The molecule has 0 saturated heterocycles. The standard InChI is InChI=1S/C7H8N2O4S2/c8-7(10)5-2-1-3-6(4-5)15(9,13)14(11)12/h1-4,9H,(H2,8,10)(H,11,12). The summed E-state index contributed by atoms with van der Waals surface area (Å²) in [5.41, 5.74) is 5.01. The molecule has 0 aliphatic rings. The Hall–Kier alpha value is -1.25. The van der Waals surface area contributed by atoms with Crippen LogP contribution in [0.3, 0.4) is 0 Å². The Morgan fingerprint density at radius 1 is 1.53 bits per heavy atom. The highest BCUT2D eigenvalue weighted by atomic mass is 33.2. The molecule has 2 unspecified atom stereocenters. The number of nitrogens with one attached hydrogen (secondary N) is 1. The van der Waals surface area contributed by atoms with Gasteiger partial charge in [0.2, 0.25) is 5.91 Å². The van der Waals surface area contributed by atoms with E-state index >= 15 is 0 Å². The minimum absolute atomic E-state index is 0.0397. The molecule has 0 heterocycles. The summed E-state index contributed by atoms with van der Waals surface area (Å²) in [4.78, 5) is 10.6. The summed E-state index contributed by atoms with van der Waals surface area (Å²) in [5.74, 6) is -0.754. The molecule has 1 rings (SSSR count). The van der Waals surface area contributed by atoms with Crippen LogP contribution in [-0.4, -0.2) is 18.9 Å². The van der Waals surface area contributed by atoms with Gasteiger partial charge in [0.25, 0.3) is 10.1 Å². The number of nitrogens with two attached hydrogens (primary N) is 1. The highest BCUT2D eigenvalue weighted by Gasteiger charge is 2.17. The van der Waals surface area contributed by atoms with Gasteiger partial charge >= 0.3 is 0 Å². The molecule has 0 saturated carbocycles. The van der Waals surface area contributed by atoms with Gasteiger partial charge in [-0.05, 0) is 18.2 Å². The summed E-state index contributed by atoms with van der Waals surface area (Å²) in [7, 11) is -6.62. The van der Waals surface area contributed by atoms with Gasteiger partial charge in [0.05, 0.1) is 4.90 Å². The molecule has 0 spiro atoms. The second-order valence-corrected chi connectivity index (χ2v) is 6.79. The molecule has 15 heavy (non-hydrogen) atoms. The second-order valence-electron chi connectivity index (χ2n) is 2.61. The maximum Gasteiger partial charge on any atom is 0.259 e. The number of rotatable bonds is 3. The van der Waals surface area contributed by atoms with Crippen molar-refractivity contribution in [1.82, 2.24) is 0 Å². The van der Waals surface area contributed by atoms with Crippen molar-refractivity contribution in [2.75, 3.05) is 0 Å². The molecule has 4 N–H and O–H groups in total. The lowest BCUT2D eigenvalue weighted by molar-refractivity contribution is 0.1000. The Bertz CT molecular complexity index is 524. The molecule has 1 aromatic rings. The molecular formula is C7H8N2O4S2. The van der Waals surface area contributed by atoms with Crippen LogP contribution >= 0.6 is 0 Å². The maximum atomic E-state index is 11.4. The zero-order chi connectivity index (χ0) is 11.6. The van der Waals surface area contributed by atoms with E-state index in [1.54, 1.807) is 0 Å². The maximum absolute atomic E-state index is 11.4. The fourth-order valence-electron chi connectivity index (χ4n) is 0.899. The molecule has 0 radical (unpaired) electrons. The van der Waals surface area contributed by atoms with E-state index in [9.17, 15) is 13.2 Å². The van der Waals surface area contributed by atoms with E-state index in [0.717, 1.165) is 6.07 Å². The molecule has 82 valence electrons. The molecule has 0 aliphatic heterocycles. The van der Waals surface area contributed by atoms with Crippen LogP contribution in [0.1, 0.15) is 10.4 Å². The lowest BCUT2D eigenvalue weighted by atomic mass is 10.2. The predicted molar refractivity (Wildman–Crippen MR) is 54.9 cm³/mol. The van der Waals surface area contributed by atoms with Crippen molar-refractivity contribution in [3.05, 3.63) is 29.8 Å². The van der Waals surface area contributed by atoms with Gasteiger partial charge in [0.1, 0.15) is 0 Å². The van der Waals surface area contributed by atoms with Crippen molar-refractivity contribution in [3.63, 3.8) is 0 Å². The first-order valence-corrected chi connectivity index (χ1v) is 6.84. The van der Waals surface area contributed by atoms with Crippen molar-refractivity contribution in [1.29, 1.82) is 4.78 Å². The highest BCUT2D eigenvalue weighted by Crippen LogP contribution is 2.15. The molecule has 0 aliphatic carbocycles. The average molecular weight is 248 g/mol. The van der Waals surface area contributed by atoms with Crippen LogP contribution < -0.4 is 5.73 Å². The summed E-state index contributed by atoms with van der Waals surface area (Å²) in [6, 6.07) is 5.01. The zero-order valence-electron chi connectivity index (χ0n) is 7.38. The lowest BCUT2D eigenvalue weighted by Crippen LogP contribution is -2.12. The van der Waals surface area contributed by atoms with Crippen molar-refractivity contribution in [3.8, 4) is 0 Å². The van der Waals surface area contributed by atoms with Crippen LogP contribution in [0, 0.1) is 4.78 Å². The van der Waals surface area contributed by atoms with E-state index in [-0.39, 0.29) is 10.5 Å². The molecule has 1 aromatic carbocycles. The lowest BCUT2D eigenvalue weighted by Gasteiger charge is -2.03. The van der Waals surface area contributed by atoms with Gasteiger partial charge in [-0.2, -0.15) is 0 Å². The van der Waals surface area contributed by atoms with Crippen molar-refractivity contribution in [2.45, 2.75) is 4.90 Å². The van der Waals surface area contributed by atoms with Crippen molar-refractivity contribution >= 4 is 24.8 Å². The van der Waals surface area contributed by atoms with Gasteiger partial charge in [0, 0.05) is 5.56 Å². The van der Waals surface area contributed by atoms with Crippen molar-refractivity contribution in [2.24, 2.45) is 5.73 Å². The van der Waals surface area contributed by atoms with E-state index < -0.39 is 24.8 Å². The quantitative estimate of drug-likeness (QED) is 0.527. The Morgan fingerprint density at radius 3 is 2.60 bits per heavy atom. The molecule has 0 aromatic heterocycles. The SMILES string of the molecule is N=S(=O)(c1cccc(C(N)=O)c1)S(=O)O. The molecule has 0 bridgehead atoms. The smallest absolute Gasteiger partial charge is 0.259 e. The van der Waals surface area contributed by atoms with Crippen LogP contribution in [0.5, 0.6) is 0 Å². The fraction of sp³-hybridized carbons (Fsp3) is 0. The molecule has 0 fully saturated rings. The van der Waals surface area contributed by atoms with Crippen LogP contribution in [0.2, 0.25) is 0 Å². The van der Waals surface area contributed by atoms with Gasteiger partial charge in [-0.1, -0.05) is 6.07 Å². The summed E-state index contributed by atoms with van der Waals surface area (Å²) >= 11 is 0. The van der Waals surface area contributed by atoms with Crippen molar-refractivity contribution < 1.29 is 17.8 Å². The van der Waals surface area contributed by atoms with E-state index in [1.165, 1.54) is 18.2 Å². The molecule has 6 nitrogen and oxygen atoms in total. The summed E-state index contributed by atoms with van der Waals surface area (Å²) in [6.07, 6.45) is 0. The minimum Gasteiger partial charge on any atom is -0.366 e. The molecule has 1 amide bonds. The van der Waals surface area contributed by atoms with Crippen LogP contribution in [0.25, 0.3) is 0 Å². The van der Waals surface area contributed by atoms with E-state index in [1.807, 2.05) is 0 Å². The fourth-order valence-corrected chi connectivity index (χ4v) is 2.41. The number of primary amides is 1. The molecule has 2 atom stereocenters.